The molecule has 1 unspecified atom stereocenters. The van der Waals surface area contributed by atoms with E-state index in [1.54, 1.807) is 11.3 Å². The van der Waals surface area contributed by atoms with Crippen molar-refractivity contribution in [3.63, 3.8) is 0 Å². The van der Waals surface area contributed by atoms with Crippen LogP contribution < -0.4 is 5.32 Å². The zero-order chi connectivity index (χ0) is 18.4. The summed E-state index contributed by atoms with van der Waals surface area (Å²) in [6, 6.07) is 9.92. The molecule has 134 valence electrons. The van der Waals surface area contributed by atoms with Crippen LogP contribution in [0.3, 0.4) is 0 Å². The SMILES string of the molecule is Cc1ccc(C(=O)CCC(=O)NCC(c2cccs2)N(C)C)cc1C. The molecule has 1 aromatic heterocycles. The minimum atomic E-state index is -0.0828. The molecule has 0 aliphatic heterocycles. The Labute approximate surface area is 153 Å². The van der Waals surface area contributed by atoms with Gasteiger partial charge in [0, 0.05) is 29.8 Å². The second-order valence-electron chi connectivity index (χ2n) is 6.52. The predicted octanol–water partition coefficient (Wildman–Crippen LogP) is 3.75. The smallest absolute Gasteiger partial charge is 0.220 e. The lowest BCUT2D eigenvalue weighted by Crippen LogP contribution is -2.34. The van der Waals surface area contributed by atoms with Gasteiger partial charge in [-0.05, 0) is 56.6 Å². The molecule has 0 radical (unpaired) electrons. The van der Waals surface area contributed by atoms with Gasteiger partial charge in [-0.15, -0.1) is 11.3 Å². The third kappa shape index (κ3) is 5.51. The fourth-order valence-electron chi connectivity index (χ4n) is 2.60. The summed E-state index contributed by atoms with van der Waals surface area (Å²) >= 11 is 1.68. The summed E-state index contributed by atoms with van der Waals surface area (Å²) in [4.78, 5) is 27.7. The number of Topliss-reactive ketones (excluding diaryl/α,β-unsaturated/α-hetero) is 1. The number of nitrogens with one attached hydrogen (secondary N) is 1. The number of carbonyl (C=O) groups is 2. The Kier molecular flexibility index (Phi) is 6.91. The maximum Gasteiger partial charge on any atom is 0.220 e. The molecule has 0 fully saturated rings. The standard InChI is InChI=1S/C20H26N2O2S/c1-14-7-8-16(12-15(14)2)18(23)9-10-20(24)21-13-17(22(3)4)19-6-5-11-25-19/h5-8,11-12,17H,9-10,13H2,1-4H3,(H,21,24). The summed E-state index contributed by atoms with van der Waals surface area (Å²) in [5.74, 6) is -0.0683. The van der Waals surface area contributed by atoms with Gasteiger partial charge in [-0.3, -0.25) is 9.59 Å². The maximum absolute atomic E-state index is 12.3. The van der Waals surface area contributed by atoms with E-state index in [9.17, 15) is 9.59 Å². The molecule has 4 nitrogen and oxygen atoms in total. The quantitative estimate of drug-likeness (QED) is 0.731. The van der Waals surface area contributed by atoms with Gasteiger partial charge in [-0.1, -0.05) is 18.2 Å². The summed E-state index contributed by atoms with van der Waals surface area (Å²) in [5, 5.41) is 4.99. The zero-order valence-electron chi connectivity index (χ0n) is 15.3. The molecule has 2 rings (SSSR count). The summed E-state index contributed by atoms with van der Waals surface area (Å²) in [6.45, 7) is 4.56. The van der Waals surface area contributed by atoms with Crippen LogP contribution in [0.5, 0.6) is 0 Å². The van der Waals surface area contributed by atoms with Crippen LogP contribution in [0.15, 0.2) is 35.7 Å². The average Bonchev–Trinajstić information content (AvgIpc) is 3.09. The van der Waals surface area contributed by atoms with Gasteiger partial charge >= 0.3 is 0 Å². The van der Waals surface area contributed by atoms with Gasteiger partial charge < -0.3 is 10.2 Å². The lowest BCUT2D eigenvalue weighted by molar-refractivity contribution is -0.121. The molecule has 0 spiro atoms. The number of nitrogens with zero attached hydrogens (tertiary/aromatic N) is 1. The minimum absolute atomic E-state index is 0.0145. The van der Waals surface area contributed by atoms with Crippen molar-refractivity contribution in [2.75, 3.05) is 20.6 Å². The van der Waals surface area contributed by atoms with E-state index < -0.39 is 0 Å². The van der Waals surface area contributed by atoms with Crippen LogP contribution >= 0.6 is 11.3 Å². The first-order valence-corrected chi connectivity index (χ1v) is 9.33. The van der Waals surface area contributed by atoms with Crippen molar-refractivity contribution >= 4 is 23.0 Å². The molecule has 1 aromatic carbocycles. The highest BCUT2D eigenvalue weighted by Gasteiger charge is 2.17. The summed E-state index contributed by atoms with van der Waals surface area (Å²) < 4.78 is 0. The predicted molar refractivity (Wildman–Crippen MR) is 103 cm³/mol. The van der Waals surface area contributed by atoms with Crippen LogP contribution in [-0.4, -0.2) is 37.2 Å². The van der Waals surface area contributed by atoms with Crippen LogP contribution in [0.25, 0.3) is 0 Å². The number of ketones is 1. The number of rotatable bonds is 8. The van der Waals surface area contributed by atoms with Gasteiger partial charge in [0.1, 0.15) is 0 Å². The molecule has 1 heterocycles. The second-order valence-corrected chi connectivity index (χ2v) is 7.50. The molecule has 0 saturated carbocycles. The Morgan fingerprint density at radius 1 is 1.12 bits per heavy atom. The number of carbonyl (C=O) groups excluding carboxylic acids is 2. The molecule has 0 saturated heterocycles. The fraction of sp³-hybridized carbons (Fsp3) is 0.400. The van der Waals surface area contributed by atoms with Gasteiger partial charge in [0.05, 0.1) is 6.04 Å². The van der Waals surface area contributed by atoms with E-state index in [0.717, 1.165) is 11.1 Å². The summed E-state index contributed by atoms with van der Waals surface area (Å²) in [7, 11) is 4.00. The van der Waals surface area contributed by atoms with Crippen LogP contribution in [0.2, 0.25) is 0 Å². The fourth-order valence-corrected chi connectivity index (χ4v) is 3.53. The molecular formula is C20H26N2O2S. The maximum atomic E-state index is 12.3. The third-order valence-electron chi connectivity index (χ3n) is 4.40. The van der Waals surface area contributed by atoms with Crippen LogP contribution in [-0.2, 0) is 4.79 Å². The molecule has 0 aliphatic carbocycles. The minimum Gasteiger partial charge on any atom is -0.354 e. The molecule has 25 heavy (non-hydrogen) atoms. The molecule has 1 amide bonds. The average molecular weight is 359 g/mol. The first-order chi connectivity index (χ1) is 11.9. The Morgan fingerprint density at radius 2 is 1.88 bits per heavy atom. The van der Waals surface area contributed by atoms with E-state index in [4.69, 9.17) is 0 Å². The summed E-state index contributed by atoms with van der Waals surface area (Å²) in [6.07, 6.45) is 0.455. The molecule has 5 heteroatoms. The van der Waals surface area contributed by atoms with Crippen molar-refractivity contribution < 1.29 is 9.59 Å². The van der Waals surface area contributed by atoms with E-state index >= 15 is 0 Å². The van der Waals surface area contributed by atoms with Crippen LogP contribution in [0.4, 0.5) is 0 Å². The molecule has 2 aromatic rings. The number of thiophene rings is 1. The Hall–Kier alpha value is -1.98. The van der Waals surface area contributed by atoms with E-state index in [0.29, 0.717) is 12.1 Å². The highest BCUT2D eigenvalue weighted by atomic mass is 32.1. The number of hydrogen-bond donors (Lipinski definition) is 1. The van der Waals surface area contributed by atoms with Crippen LogP contribution in [0.1, 0.15) is 45.2 Å². The second kappa shape index (κ2) is 8.92. The number of benzene rings is 1. The molecule has 1 N–H and O–H groups in total. The monoisotopic (exact) mass is 358 g/mol. The molecular weight excluding hydrogens is 332 g/mol. The lowest BCUT2D eigenvalue weighted by atomic mass is 10.0. The Balaban J connectivity index is 1.83. The number of aryl methyl sites for hydroxylation is 2. The number of hydrogen-bond acceptors (Lipinski definition) is 4. The lowest BCUT2D eigenvalue weighted by Gasteiger charge is -2.23. The van der Waals surface area contributed by atoms with Gasteiger partial charge in [0.25, 0.3) is 0 Å². The number of amides is 1. The summed E-state index contributed by atoms with van der Waals surface area (Å²) in [5.41, 5.74) is 2.94. The van der Waals surface area contributed by atoms with E-state index in [1.807, 2.05) is 57.6 Å². The Morgan fingerprint density at radius 3 is 2.48 bits per heavy atom. The van der Waals surface area contributed by atoms with E-state index in [2.05, 4.69) is 16.3 Å². The van der Waals surface area contributed by atoms with E-state index in [1.165, 1.54) is 4.88 Å². The van der Waals surface area contributed by atoms with Crippen molar-refractivity contribution in [2.24, 2.45) is 0 Å². The largest absolute Gasteiger partial charge is 0.354 e. The normalized spacial score (nSPS) is 12.2. The van der Waals surface area contributed by atoms with Crippen molar-refractivity contribution in [3.8, 4) is 0 Å². The number of likely N-dealkylation sites (N-methyl/N-ethyl adjacent to an activating group) is 1. The third-order valence-corrected chi connectivity index (χ3v) is 5.37. The van der Waals surface area contributed by atoms with Gasteiger partial charge in [-0.2, -0.15) is 0 Å². The van der Waals surface area contributed by atoms with Crippen LogP contribution in [0, 0.1) is 13.8 Å². The topological polar surface area (TPSA) is 49.4 Å². The molecule has 0 bridgehead atoms. The van der Waals surface area contributed by atoms with Gasteiger partial charge in [0.2, 0.25) is 5.91 Å². The first-order valence-electron chi connectivity index (χ1n) is 8.45. The van der Waals surface area contributed by atoms with Crippen molar-refractivity contribution in [3.05, 3.63) is 57.3 Å². The zero-order valence-corrected chi connectivity index (χ0v) is 16.2. The molecule has 1 atom stereocenters. The van der Waals surface area contributed by atoms with Crippen molar-refractivity contribution in [1.82, 2.24) is 10.2 Å². The van der Waals surface area contributed by atoms with E-state index in [-0.39, 0.29) is 30.6 Å². The molecule has 0 aliphatic rings. The Bertz CT molecular complexity index is 723. The van der Waals surface area contributed by atoms with Gasteiger partial charge in [-0.25, -0.2) is 0 Å². The van der Waals surface area contributed by atoms with Crippen molar-refractivity contribution in [2.45, 2.75) is 32.7 Å². The van der Waals surface area contributed by atoms with Crippen molar-refractivity contribution in [1.29, 1.82) is 0 Å². The van der Waals surface area contributed by atoms with Gasteiger partial charge in [0.15, 0.2) is 5.78 Å². The first kappa shape index (κ1) is 19.3. The highest BCUT2D eigenvalue weighted by molar-refractivity contribution is 7.10. The highest BCUT2D eigenvalue weighted by Crippen LogP contribution is 2.22.